The van der Waals surface area contributed by atoms with Gasteiger partial charge in [-0.05, 0) is 49.2 Å². The molecule has 0 atom stereocenters. The molecule has 0 bridgehead atoms. The average Bonchev–Trinajstić information content (AvgIpc) is 3.31. The number of benzene rings is 2. The van der Waals surface area contributed by atoms with Crippen LogP contribution in [0.3, 0.4) is 0 Å². The lowest BCUT2D eigenvalue weighted by molar-refractivity contribution is -0.117. The second kappa shape index (κ2) is 9.48. The summed E-state index contributed by atoms with van der Waals surface area (Å²) in [7, 11) is 0. The number of nitrogens with one attached hydrogen (secondary N) is 2. The Morgan fingerprint density at radius 1 is 1.03 bits per heavy atom. The zero-order valence-corrected chi connectivity index (χ0v) is 16.9. The standard InChI is InChI=1S/C22H23FN6O2/c23-16-5-7-17(8-6-16)26-22(31)19-3-1-2-4-20(19)27-21(30)13-28-11-9-18(10-12-28)29-15-24-14-25-29/h1-8,14-15,18H,9-13H2,(H,26,31)(H,27,30). The number of amides is 2. The van der Waals surface area contributed by atoms with Crippen molar-refractivity contribution < 1.29 is 14.0 Å². The predicted molar refractivity (Wildman–Crippen MR) is 114 cm³/mol. The summed E-state index contributed by atoms with van der Waals surface area (Å²) in [6, 6.07) is 12.6. The van der Waals surface area contributed by atoms with Crippen LogP contribution in [-0.4, -0.2) is 51.1 Å². The van der Waals surface area contributed by atoms with Gasteiger partial charge in [-0.15, -0.1) is 0 Å². The van der Waals surface area contributed by atoms with Crippen molar-refractivity contribution in [1.82, 2.24) is 19.7 Å². The minimum absolute atomic E-state index is 0.179. The molecule has 0 saturated carbocycles. The first-order chi connectivity index (χ1) is 15.1. The Kier molecular flexibility index (Phi) is 6.32. The molecule has 1 aliphatic heterocycles. The van der Waals surface area contributed by atoms with Crippen LogP contribution in [0, 0.1) is 5.82 Å². The highest BCUT2D eigenvalue weighted by Crippen LogP contribution is 2.22. The molecule has 0 unspecified atom stereocenters. The van der Waals surface area contributed by atoms with Crippen LogP contribution in [0.4, 0.5) is 15.8 Å². The number of rotatable bonds is 6. The molecule has 2 N–H and O–H groups in total. The second-order valence-corrected chi connectivity index (χ2v) is 7.44. The average molecular weight is 422 g/mol. The lowest BCUT2D eigenvalue weighted by atomic mass is 10.1. The van der Waals surface area contributed by atoms with Crippen LogP contribution < -0.4 is 10.6 Å². The SMILES string of the molecule is O=C(CN1CCC(n2cncn2)CC1)Nc1ccccc1C(=O)Nc1ccc(F)cc1. The molecule has 1 fully saturated rings. The predicted octanol–water partition coefficient (Wildman–Crippen LogP) is 2.95. The van der Waals surface area contributed by atoms with Crippen LogP contribution in [0.1, 0.15) is 29.2 Å². The van der Waals surface area contributed by atoms with Gasteiger partial charge in [0.25, 0.3) is 5.91 Å². The number of nitrogens with zero attached hydrogens (tertiary/aromatic N) is 4. The maximum absolute atomic E-state index is 13.1. The van der Waals surface area contributed by atoms with Gasteiger partial charge >= 0.3 is 0 Å². The molecule has 8 nitrogen and oxygen atoms in total. The van der Waals surface area contributed by atoms with Gasteiger partial charge < -0.3 is 10.6 Å². The maximum Gasteiger partial charge on any atom is 0.257 e. The monoisotopic (exact) mass is 422 g/mol. The molecule has 1 aliphatic rings. The van der Waals surface area contributed by atoms with E-state index in [-0.39, 0.29) is 24.2 Å². The molecular weight excluding hydrogens is 399 g/mol. The van der Waals surface area contributed by atoms with Crippen molar-refractivity contribution in [3.63, 3.8) is 0 Å². The van der Waals surface area contributed by atoms with Crippen LogP contribution in [0.5, 0.6) is 0 Å². The molecule has 2 heterocycles. The molecule has 9 heteroatoms. The summed E-state index contributed by atoms with van der Waals surface area (Å²) in [5, 5.41) is 9.75. The van der Waals surface area contributed by atoms with E-state index >= 15 is 0 Å². The van der Waals surface area contributed by atoms with Crippen molar-refractivity contribution in [2.45, 2.75) is 18.9 Å². The van der Waals surface area contributed by atoms with Crippen molar-refractivity contribution in [3.8, 4) is 0 Å². The third-order valence-electron chi connectivity index (χ3n) is 5.28. The number of carbonyl (C=O) groups is 2. The Hall–Kier alpha value is -3.59. The first kappa shape index (κ1) is 20.7. The zero-order chi connectivity index (χ0) is 21.6. The van der Waals surface area contributed by atoms with E-state index in [0.717, 1.165) is 25.9 Å². The van der Waals surface area contributed by atoms with E-state index in [2.05, 4.69) is 25.6 Å². The maximum atomic E-state index is 13.1. The Bertz CT molecular complexity index is 1030. The summed E-state index contributed by atoms with van der Waals surface area (Å²) in [6.45, 7) is 1.81. The number of anilines is 2. The molecule has 3 aromatic rings. The molecule has 1 saturated heterocycles. The summed E-state index contributed by atoms with van der Waals surface area (Å²) in [5.41, 5.74) is 1.25. The molecular formula is C22H23FN6O2. The van der Waals surface area contributed by atoms with E-state index in [9.17, 15) is 14.0 Å². The van der Waals surface area contributed by atoms with Crippen LogP contribution in [-0.2, 0) is 4.79 Å². The van der Waals surface area contributed by atoms with Crippen LogP contribution in [0.2, 0.25) is 0 Å². The van der Waals surface area contributed by atoms with E-state index in [0.29, 0.717) is 23.0 Å². The number of aromatic nitrogens is 3. The largest absolute Gasteiger partial charge is 0.324 e. The van der Waals surface area contributed by atoms with Gasteiger partial charge in [0.1, 0.15) is 18.5 Å². The highest BCUT2D eigenvalue weighted by atomic mass is 19.1. The third kappa shape index (κ3) is 5.32. The Balaban J connectivity index is 1.33. The van der Waals surface area contributed by atoms with Crippen molar-refractivity contribution in [3.05, 3.63) is 72.6 Å². The summed E-state index contributed by atoms with van der Waals surface area (Å²) in [4.78, 5) is 31.3. The Labute approximate surface area is 179 Å². The molecule has 0 radical (unpaired) electrons. The molecule has 4 rings (SSSR count). The van der Waals surface area contributed by atoms with Crippen molar-refractivity contribution in [2.75, 3.05) is 30.3 Å². The molecule has 1 aromatic heterocycles. The number of carbonyl (C=O) groups excluding carboxylic acids is 2. The van der Waals surface area contributed by atoms with Crippen molar-refractivity contribution in [1.29, 1.82) is 0 Å². The fourth-order valence-electron chi connectivity index (χ4n) is 3.66. The number of para-hydroxylation sites is 1. The van der Waals surface area contributed by atoms with Crippen LogP contribution in [0.25, 0.3) is 0 Å². The van der Waals surface area contributed by atoms with E-state index in [1.807, 2.05) is 4.68 Å². The van der Waals surface area contributed by atoms with E-state index in [1.165, 1.54) is 30.6 Å². The van der Waals surface area contributed by atoms with Gasteiger partial charge in [0.05, 0.1) is 23.8 Å². The highest BCUT2D eigenvalue weighted by Gasteiger charge is 2.23. The summed E-state index contributed by atoms with van der Waals surface area (Å²) >= 11 is 0. The highest BCUT2D eigenvalue weighted by molar-refractivity contribution is 6.10. The third-order valence-corrected chi connectivity index (χ3v) is 5.28. The minimum Gasteiger partial charge on any atom is -0.324 e. The topological polar surface area (TPSA) is 92.2 Å². The fourth-order valence-corrected chi connectivity index (χ4v) is 3.66. The Morgan fingerprint density at radius 3 is 2.48 bits per heavy atom. The van der Waals surface area contributed by atoms with Gasteiger partial charge in [-0.1, -0.05) is 12.1 Å². The van der Waals surface area contributed by atoms with E-state index < -0.39 is 0 Å². The van der Waals surface area contributed by atoms with Crippen molar-refractivity contribution in [2.24, 2.45) is 0 Å². The Morgan fingerprint density at radius 2 is 1.77 bits per heavy atom. The second-order valence-electron chi connectivity index (χ2n) is 7.44. The van der Waals surface area contributed by atoms with Crippen molar-refractivity contribution >= 4 is 23.2 Å². The number of hydrogen-bond acceptors (Lipinski definition) is 5. The summed E-state index contributed by atoms with van der Waals surface area (Å²) < 4.78 is 14.9. The molecule has 31 heavy (non-hydrogen) atoms. The molecule has 2 amide bonds. The smallest absolute Gasteiger partial charge is 0.257 e. The fraction of sp³-hybridized carbons (Fsp3) is 0.273. The van der Waals surface area contributed by atoms with E-state index in [4.69, 9.17) is 0 Å². The van der Waals surface area contributed by atoms with Gasteiger partial charge in [0.15, 0.2) is 0 Å². The molecule has 0 aliphatic carbocycles. The zero-order valence-electron chi connectivity index (χ0n) is 16.9. The van der Waals surface area contributed by atoms with Gasteiger partial charge in [0.2, 0.25) is 5.91 Å². The first-order valence-electron chi connectivity index (χ1n) is 10.1. The van der Waals surface area contributed by atoms with Crippen LogP contribution >= 0.6 is 0 Å². The summed E-state index contributed by atoms with van der Waals surface area (Å²) in [5.74, 6) is -0.937. The quantitative estimate of drug-likeness (QED) is 0.637. The normalized spacial score (nSPS) is 14.9. The number of hydrogen-bond donors (Lipinski definition) is 2. The molecule has 160 valence electrons. The van der Waals surface area contributed by atoms with E-state index in [1.54, 1.807) is 30.6 Å². The van der Waals surface area contributed by atoms with Crippen LogP contribution in [0.15, 0.2) is 61.2 Å². The molecule has 2 aromatic carbocycles. The summed E-state index contributed by atoms with van der Waals surface area (Å²) in [6.07, 6.45) is 5.05. The minimum atomic E-state index is -0.379. The van der Waals surface area contributed by atoms with Gasteiger partial charge in [-0.2, -0.15) is 5.10 Å². The van der Waals surface area contributed by atoms with Gasteiger partial charge in [-0.25, -0.2) is 14.1 Å². The number of halogens is 1. The number of piperidine rings is 1. The van der Waals surface area contributed by atoms with Gasteiger partial charge in [0, 0.05) is 18.8 Å². The first-order valence-corrected chi connectivity index (χ1v) is 10.1. The lowest BCUT2D eigenvalue weighted by Crippen LogP contribution is -2.40. The molecule has 0 spiro atoms. The lowest BCUT2D eigenvalue weighted by Gasteiger charge is -2.31. The number of likely N-dealkylation sites (tertiary alicyclic amines) is 1. The van der Waals surface area contributed by atoms with Gasteiger partial charge in [-0.3, -0.25) is 14.5 Å².